The van der Waals surface area contributed by atoms with Crippen molar-refractivity contribution in [3.8, 4) is 11.8 Å². The summed E-state index contributed by atoms with van der Waals surface area (Å²) in [5.41, 5.74) is 1.26. The van der Waals surface area contributed by atoms with Crippen molar-refractivity contribution in [1.29, 1.82) is 0 Å². The molecule has 0 spiro atoms. The molecule has 0 atom stereocenters. The largest absolute Gasteiger partial charge is 0.395 e. The van der Waals surface area contributed by atoms with Crippen molar-refractivity contribution >= 4 is 5.91 Å². The minimum Gasteiger partial charge on any atom is -0.395 e. The molecule has 1 aliphatic heterocycles. The number of rotatable bonds is 2. The third-order valence-electron chi connectivity index (χ3n) is 3.35. The minimum atomic E-state index is 0.0155. The van der Waals surface area contributed by atoms with Crippen molar-refractivity contribution in [2.75, 3.05) is 19.7 Å². The van der Waals surface area contributed by atoms with E-state index in [0.717, 1.165) is 31.5 Å². The third-order valence-corrected chi connectivity index (χ3v) is 3.35. The molecule has 1 amide bonds. The predicted octanol–water partition coefficient (Wildman–Crippen LogP) is 1.83. The number of carbonyl (C=O) groups excluding carboxylic acids is 1. The highest BCUT2D eigenvalue weighted by atomic mass is 16.2. The molecule has 20 heavy (non-hydrogen) atoms. The molecule has 1 aliphatic rings. The van der Waals surface area contributed by atoms with E-state index in [-0.39, 0.29) is 12.5 Å². The quantitative estimate of drug-likeness (QED) is 0.836. The van der Waals surface area contributed by atoms with Crippen molar-refractivity contribution < 1.29 is 9.90 Å². The van der Waals surface area contributed by atoms with E-state index < -0.39 is 0 Å². The molecular weight excluding hydrogens is 252 g/mol. The van der Waals surface area contributed by atoms with E-state index >= 15 is 0 Å². The lowest BCUT2D eigenvalue weighted by Crippen LogP contribution is -2.32. The molecule has 0 radical (unpaired) electrons. The van der Waals surface area contributed by atoms with E-state index in [0.29, 0.717) is 12.1 Å². The first-order chi connectivity index (χ1) is 9.81. The smallest absolute Gasteiger partial charge is 0.272 e. The fourth-order valence-corrected chi connectivity index (χ4v) is 2.25. The zero-order valence-corrected chi connectivity index (χ0v) is 11.6. The average Bonchev–Trinajstić information content (AvgIpc) is 2.77. The van der Waals surface area contributed by atoms with E-state index in [4.69, 9.17) is 5.11 Å². The summed E-state index contributed by atoms with van der Waals surface area (Å²) in [6.45, 7) is 1.73. The molecule has 1 aromatic heterocycles. The van der Waals surface area contributed by atoms with E-state index in [1.807, 2.05) is 11.0 Å². The Hall–Kier alpha value is -1.86. The van der Waals surface area contributed by atoms with Gasteiger partial charge in [-0.15, -0.1) is 0 Å². The molecular formula is C16H20N2O2. The van der Waals surface area contributed by atoms with Gasteiger partial charge in [0.15, 0.2) is 0 Å². The topological polar surface area (TPSA) is 53.4 Å². The number of amides is 1. The van der Waals surface area contributed by atoms with Crippen molar-refractivity contribution in [2.24, 2.45) is 0 Å². The lowest BCUT2D eigenvalue weighted by Gasteiger charge is -2.19. The van der Waals surface area contributed by atoms with Crippen LogP contribution >= 0.6 is 0 Å². The van der Waals surface area contributed by atoms with Gasteiger partial charge in [-0.2, -0.15) is 0 Å². The van der Waals surface area contributed by atoms with E-state index in [1.165, 1.54) is 12.8 Å². The Morgan fingerprint density at radius 2 is 2.00 bits per heavy atom. The van der Waals surface area contributed by atoms with E-state index in [9.17, 15) is 4.79 Å². The molecule has 106 valence electrons. The second-order valence-electron chi connectivity index (χ2n) is 4.91. The summed E-state index contributed by atoms with van der Waals surface area (Å²) in [6, 6.07) is 3.54. The number of likely N-dealkylation sites (tertiary alicyclic amines) is 1. The molecule has 1 saturated heterocycles. The molecule has 4 heteroatoms. The number of hydrogen-bond acceptors (Lipinski definition) is 3. The molecule has 0 unspecified atom stereocenters. The minimum absolute atomic E-state index is 0.0155. The summed E-state index contributed by atoms with van der Waals surface area (Å²) in [5, 5.41) is 8.66. The van der Waals surface area contributed by atoms with Crippen LogP contribution in [-0.4, -0.2) is 40.6 Å². The summed E-state index contributed by atoms with van der Waals surface area (Å²) >= 11 is 0. The molecule has 1 aromatic rings. The van der Waals surface area contributed by atoms with Gasteiger partial charge in [-0.1, -0.05) is 24.7 Å². The normalized spacial score (nSPS) is 15.2. The maximum absolute atomic E-state index is 12.3. The van der Waals surface area contributed by atoms with Gasteiger partial charge in [0.25, 0.3) is 5.91 Å². The van der Waals surface area contributed by atoms with Crippen molar-refractivity contribution in [3.05, 3.63) is 29.6 Å². The van der Waals surface area contributed by atoms with Crippen molar-refractivity contribution in [3.63, 3.8) is 0 Å². The Bertz CT molecular complexity index is 491. The molecule has 1 fully saturated rings. The summed E-state index contributed by atoms with van der Waals surface area (Å²) < 4.78 is 0. The number of pyridine rings is 1. The zero-order chi connectivity index (χ0) is 14.2. The number of nitrogens with zero attached hydrogens (tertiary/aromatic N) is 2. The Labute approximate surface area is 119 Å². The second-order valence-corrected chi connectivity index (χ2v) is 4.91. The Morgan fingerprint density at radius 3 is 2.60 bits per heavy atom. The highest BCUT2D eigenvalue weighted by Gasteiger charge is 2.17. The molecule has 2 rings (SSSR count). The fourth-order valence-electron chi connectivity index (χ4n) is 2.25. The maximum Gasteiger partial charge on any atom is 0.272 e. The van der Waals surface area contributed by atoms with E-state index in [1.54, 1.807) is 12.3 Å². The third kappa shape index (κ3) is 4.07. The lowest BCUT2D eigenvalue weighted by molar-refractivity contribution is 0.0756. The monoisotopic (exact) mass is 272 g/mol. The molecule has 0 saturated carbocycles. The summed E-state index contributed by atoms with van der Waals surface area (Å²) in [4.78, 5) is 18.4. The number of aliphatic hydroxyl groups excluding tert-OH is 1. The van der Waals surface area contributed by atoms with E-state index in [2.05, 4.69) is 16.8 Å². The second kappa shape index (κ2) is 7.66. The molecule has 0 bridgehead atoms. The van der Waals surface area contributed by atoms with Crippen molar-refractivity contribution in [2.45, 2.75) is 32.1 Å². The van der Waals surface area contributed by atoms with Gasteiger partial charge in [0.05, 0.1) is 6.61 Å². The SMILES string of the molecule is O=C(c1ccc(C#CCCO)cn1)N1CCCCCC1. The summed E-state index contributed by atoms with van der Waals surface area (Å²) in [6.07, 6.45) is 6.64. The van der Waals surface area contributed by atoms with Gasteiger partial charge in [0.1, 0.15) is 5.69 Å². The van der Waals surface area contributed by atoms with Gasteiger partial charge in [0.2, 0.25) is 0 Å². The summed E-state index contributed by atoms with van der Waals surface area (Å²) in [7, 11) is 0. The highest BCUT2D eigenvalue weighted by Crippen LogP contribution is 2.12. The van der Waals surface area contributed by atoms with Crippen LogP contribution in [-0.2, 0) is 0 Å². The zero-order valence-electron chi connectivity index (χ0n) is 11.6. The molecule has 0 aromatic carbocycles. The number of carbonyl (C=O) groups is 1. The van der Waals surface area contributed by atoms with Crippen LogP contribution in [0.15, 0.2) is 18.3 Å². The van der Waals surface area contributed by atoms with Crippen molar-refractivity contribution in [1.82, 2.24) is 9.88 Å². The predicted molar refractivity (Wildman–Crippen MR) is 77.2 cm³/mol. The molecule has 4 nitrogen and oxygen atoms in total. The fraction of sp³-hybridized carbons (Fsp3) is 0.500. The van der Waals surface area contributed by atoms with Crippen LogP contribution in [0.2, 0.25) is 0 Å². The average molecular weight is 272 g/mol. The summed E-state index contributed by atoms with van der Waals surface area (Å²) in [5.74, 6) is 5.76. The van der Waals surface area contributed by atoms with Gasteiger partial charge < -0.3 is 10.0 Å². The van der Waals surface area contributed by atoms with Gasteiger partial charge in [-0.25, -0.2) is 4.98 Å². The van der Waals surface area contributed by atoms with Crippen LogP contribution in [0, 0.1) is 11.8 Å². The first-order valence-corrected chi connectivity index (χ1v) is 7.16. The Balaban J connectivity index is 2.01. The molecule has 1 N–H and O–H groups in total. The number of hydrogen-bond donors (Lipinski definition) is 1. The van der Waals surface area contributed by atoms with Crippen LogP contribution < -0.4 is 0 Å². The lowest BCUT2D eigenvalue weighted by atomic mass is 10.2. The van der Waals surface area contributed by atoms with Gasteiger partial charge in [0, 0.05) is 31.3 Å². The highest BCUT2D eigenvalue weighted by molar-refractivity contribution is 5.92. The standard InChI is InChI=1S/C16H20N2O2/c19-12-6-3-7-14-8-9-15(17-13-14)16(20)18-10-4-1-2-5-11-18/h8-9,13,19H,1-2,4-6,10-12H2. The Morgan fingerprint density at radius 1 is 1.25 bits per heavy atom. The van der Waals surface area contributed by atoms with Gasteiger partial charge in [-0.05, 0) is 25.0 Å². The maximum atomic E-state index is 12.3. The molecule has 2 heterocycles. The van der Waals surface area contributed by atoms with Crippen LogP contribution in [0.4, 0.5) is 0 Å². The van der Waals surface area contributed by atoms with Gasteiger partial charge in [-0.3, -0.25) is 4.79 Å². The Kier molecular flexibility index (Phi) is 5.57. The first-order valence-electron chi connectivity index (χ1n) is 7.16. The molecule has 0 aliphatic carbocycles. The van der Waals surface area contributed by atoms with Crippen LogP contribution in [0.25, 0.3) is 0 Å². The van der Waals surface area contributed by atoms with Crippen LogP contribution in [0.3, 0.4) is 0 Å². The number of aromatic nitrogens is 1. The first kappa shape index (κ1) is 14.5. The number of aliphatic hydroxyl groups is 1. The van der Waals surface area contributed by atoms with Gasteiger partial charge >= 0.3 is 0 Å². The van der Waals surface area contributed by atoms with Crippen LogP contribution in [0.1, 0.15) is 48.2 Å². The van der Waals surface area contributed by atoms with Crippen LogP contribution in [0.5, 0.6) is 0 Å².